The fourth-order valence-electron chi connectivity index (χ4n) is 4.02. The number of benzene rings is 2. The van der Waals surface area contributed by atoms with Gasteiger partial charge in [0.05, 0.1) is 17.6 Å². The predicted molar refractivity (Wildman–Crippen MR) is 133 cm³/mol. The van der Waals surface area contributed by atoms with Crippen LogP contribution in [0, 0.1) is 0 Å². The van der Waals surface area contributed by atoms with Gasteiger partial charge in [-0.15, -0.1) is 0 Å². The van der Waals surface area contributed by atoms with E-state index in [-0.39, 0.29) is 5.91 Å². The first-order chi connectivity index (χ1) is 16.3. The number of piperazine rings is 1. The van der Waals surface area contributed by atoms with E-state index in [1.54, 1.807) is 0 Å². The monoisotopic (exact) mass is 455 g/mol. The summed E-state index contributed by atoms with van der Waals surface area (Å²) >= 11 is 1.49. The van der Waals surface area contributed by atoms with Crippen molar-refractivity contribution in [2.45, 2.75) is 5.16 Å². The molecule has 0 N–H and O–H groups in total. The van der Waals surface area contributed by atoms with E-state index in [4.69, 9.17) is 0 Å². The van der Waals surface area contributed by atoms with Crippen molar-refractivity contribution in [3.05, 3.63) is 91.3 Å². The highest BCUT2D eigenvalue weighted by Crippen LogP contribution is 2.30. The van der Waals surface area contributed by atoms with Crippen molar-refractivity contribution < 1.29 is 4.79 Å². The van der Waals surface area contributed by atoms with Crippen LogP contribution in [-0.4, -0.2) is 57.3 Å². The fraction of sp³-hybridized carbons (Fsp3) is 0.192. The van der Waals surface area contributed by atoms with Crippen LogP contribution in [0.15, 0.2) is 96.4 Å². The summed E-state index contributed by atoms with van der Waals surface area (Å²) < 4.78 is 2.13. The minimum absolute atomic E-state index is 0.143. The van der Waals surface area contributed by atoms with Crippen LogP contribution in [0.4, 0.5) is 5.82 Å². The highest BCUT2D eigenvalue weighted by Gasteiger charge is 2.23. The molecular weight excluding hydrogens is 430 g/mol. The van der Waals surface area contributed by atoms with Gasteiger partial charge in [0.25, 0.3) is 0 Å². The molecule has 0 aliphatic carbocycles. The van der Waals surface area contributed by atoms with Gasteiger partial charge in [0.15, 0.2) is 5.16 Å². The molecule has 0 unspecified atom stereocenters. The Bertz CT molecular complexity index is 1190. The van der Waals surface area contributed by atoms with Crippen molar-refractivity contribution in [2.24, 2.45) is 0 Å². The van der Waals surface area contributed by atoms with E-state index in [2.05, 4.69) is 43.7 Å². The van der Waals surface area contributed by atoms with Crippen LogP contribution in [0.3, 0.4) is 0 Å². The van der Waals surface area contributed by atoms with Crippen molar-refractivity contribution in [3.8, 4) is 16.9 Å². The maximum Gasteiger partial charge on any atom is 0.233 e. The number of amides is 1. The van der Waals surface area contributed by atoms with Crippen LogP contribution in [0.25, 0.3) is 16.9 Å². The Balaban J connectivity index is 1.28. The smallest absolute Gasteiger partial charge is 0.233 e. The largest absolute Gasteiger partial charge is 0.353 e. The molecule has 1 aliphatic heterocycles. The van der Waals surface area contributed by atoms with Crippen molar-refractivity contribution in [3.63, 3.8) is 0 Å². The number of aromatic nitrogens is 3. The summed E-state index contributed by atoms with van der Waals surface area (Å²) in [6.45, 7) is 3.01. The van der Waals surface area contributed by atoms with Gasteiger partial charge in [-0.1, -0.05) is 66.4 Å². The lowest BCUT2D eigenvalue weighted by molar-refractivity contribution is -0.128. The molecule has 0 radical (unpaired) electrons. The molecule has 0 bridgehead atoms. The molecule has 1 fully saturated rings. The Morgan fingerprint density at radius 1 is 0.818 bits per heavy atom. The average molecular weight is 456 g/mol. The van der Waals surface area contributed by atoms with E-state index >= 15 is 0 Å². The van der Waals surface area contributed by atoms with Gasteiger partial charge in [0.1, 0.15) is 5.82 Å². The zero-order valence-corrected chi connectivity index (χ0v) is 19.1. The molecule has 1 saturated heterocycles. The van der Waals surface area contributed by atoms with Crippen LogP contribution in [0.1, 0.15) is 0 Å². The predicted octanol–water partition coefficient (Wildman–Crippen LogP) is 4.38. The van der Waals surface area contributed by atoms with Crippen molar-refractivity contribution in [1.82, 2.24) is 19.4 Å². The maximum atomic E-state index is 13.0. The summed E-state index contributed by atoms with van der Waals surface area (Å²) in [6.07, 6.45) is 3.70. The topological polar surface area (TPSA) is 54.3 Å². The van der Waals surface area contributed by atoms with Gasteiger partial charge in [-0.3, -0.25) is 9.36 Å². The molecule has 0 atom stereocenters. The molecular formula is C26H25N5OS. The van der Waals surface area contributed by atoms with Crippen molar-refractivity contribution in [1.29, 1.82) is 0 Å². The Hall–Kier alpha value is -3.58. The van der Waals surface area contributed by atoms with E-state index in [0.29, 0.717) is 18.8 Å². The molecule has 0 saturated carbocycles. The fourth-order valence-corrected chi connectivity index (χ4v) is 4.91. The lowest BCUT2D eigenvalue weighted by atomic mass is 10.1. The number of hydrogen-bond donors (Lipinski definition) is 0. The van der Waals surface area contributed by atoms with E-state index in [0.717, 1.165) is 41.0 Å². The minimum atomic E-state index is 0.143. The molecule has 166 valence electrons. The first-order valence-corrected chi connectivity index (χ1v) is 12.0. The number of carbonyl (C=O) groups excluding carboxylic acids is 1. The first-order valence-electron chi connectivity index (χ1n) is 11.0. The van der Waals surface area contributed by atoms with Gasteiger partial charge in [-0.05, 0) is 24.3 Å². The number of rotatable bonds is 6. The molecule has 0 spiro atoms. The number of imidazole rings is 1. The van der Waals surface area contributed by atoms with Crippen LogP contribution in [0.5, 0.6) is 0 Å². The standard InChI is InChI=1S/C26H25N5OS/c32-25(30-17-15-29(16-18-30)24-13-7-8-14-27-24)20-33-26-28-19-23(21-9-3-1-4-10-21)31(26)22-11-5-2-6-12-22/h1-14,19H,15-18,20H2. The van der Waals surface area contributed by atoms with Crippen molar-refractivity contribution >= 4 is 23.5 Å². The lowest BCUT2D eigenvalue weighted by Gasteiger charge is -2.35. The zero-order chi connectivity index (χ0) is 22.5. The third-order valence-corrected chi connectivity index (χ3v) is 6.68. The molecule has 1 amide bonds. The van der Waals surface area contributed by atoms with E-state index in [1.165, 1.54) is 11.8 Å². The van der Waals surface area contributed by atoms with Crippen LogP contribution in [0.2, 0.25) is 0 Å². The summed E-state index contributed by atoms with van der Waals surface area (Å²) in [6, 6.07) is 26.3. The third kappa shape index (κ3) is 4.78. The van der Waals surface area contributed by atoms with Crippen LogP contribution >= 0.6 is 11.8 Å². The van der Waals surface area contributed by atoms with E-state index in [9.17, 15) is 4.79 Å². The number of nitrogens with zero attached hydrogens (tertiary/aromatic N) is 5. The molecule has 5 rings (SSSR count). The van der Waals surface area contributed by atoms with Gasteiger partial charge < -0.3 is 9.80 Å². The number of pyridine rings is 1. The second-order valence-corrected chi connectivity index (χ2v) is 8.75. The molecule has 33 heavy (non-hydrogen) atoms. The summed E-state index contributed by atoms with van der Waals surface area (Å²) in [5.74, 6) is 1.48. The Morgan fingerprint density at radius 3 is 2.21 bits per heavy atom. The molecule has 2 aromatic carbocycles. The SMILES string of the molecule is O=C(CSc1ncc(-c2ccccc2)n1-c1ccccc1)N1CCN(c2ccccn2)CC1. The van der Waals surface area contributed by atoms with Gasteiger partial charge >= 0.3 is 0 Å². The Morgan fingerprint density at radius 2 is 1.52 bits per heavy atom. The van der Waals surface area contributed by atoms with Gasteiger partial charge in [-0.2, -0.15) is 0 Å². The number of carbonyl (C=O) groups is 1. The number of para-hydroxylation sites is 1. The minimum Gasteiger partial charge on any atom is -0.353 e. The summed E-state index contributed by atoms with van der Waals surface area (Å²) in [5, 5.41) is 0.820. The van der Waals surface area contributed by atoms with E-state index < -0.39 is 0 Å². The second kappa shape index (κ2) is 9.92. The number of hydrogen-bond acceptors (Lipinski definition) is 5. The summed E-state index contributed by atoms with van der Waals surface area (Å²) in [7, 11) is 0. The van der Waals surface area contributed by atoms with Crippen LogP contribution < -0.4 is 4.90 Å². The van der Waals surface area contributed by atoms with Gasteiger partial charge in [0.2, 0.25) is 5.91 Å². The molecule has 3 heterocycles. The Kier molecular flexibility index (Phi) is 6.39. The maximum absolute atomic E-state index is 13.0. The second-order valence-electron chi connectivity index (χ2n) is 7.81. The Labute approximate surface area is 197 Å². The normalized spacial score (nSPS) is 13.8. The number of anilines is 1. The highest BCUT2D eigenvalue weighted by molar-refractivity contribution is 7.99. The summed E-state index contributed by atoms with van der Waals surface area (Å²) in [5.41, 5.74) is 3.14. The average Bonchev–Trinajstić information content (AvgIpc) is 3.33. The number of thioether (sulfide) groups is 1. The zero-order valence-electron chi connectivity index (χ0n) is 18.2. The molecule has 2 aromatic heterocycles. The van der Waals surface area contributed by atoms with E-state index in [1.807, 2.05) is 71.9 Å². The lowest BCUT2D eigenvalue weighted by Crippen LogP contribution is -2.49. The quantitative estimate of drug-likeness (QED) is 0.404. The van der Waals surface area contributed by atoms with Crippen molar-refractivity contribution in [2.75, 3.05) is 36.8 Å². The molecule has 6 nitrogen and oxygen atoms in total. The van der Waals surface area contributed by atoms with Gasteiger partial charge in [0, 0.05) is 43.6 Å². The molecule has 7 heteroatoms. The first kappa shape index (κ1) is 21.3. The molecule has 1 aliphatic rings. The highest BCUT2D eigenvalue weighted by atomic mass is 32.2. The molecule has 4 aromatic rings. The summed E-state index contributed by atoms with van der Waals surface area (Å²) in [4.78, 5) is 26.2. The van der Waals surface area contributed by atoms with Crippen LogP contribution in [-0.2, 0) is 4.79 Å². The van der Waals surface area contributed by atoms with Gasteiger partial charge in [-0.25, -0.2) is 9.97 Å². The third-order valence-electron chi connectivity index (χ3n) is 5.74.